The van der Waals surface area contributed by atoms with Gasteiger partial charge in [-0.25, -0.2) is 0 Å². The Hall–Kier alpha value is -1.91. The summed E-state index contributed by atoms with van der Waals surface area (Å²) in [7, 11) is 1.57. The molecule has 1 aromatic heterocycles. The summed E-state index contributed by atoms with van der Waals surface area (Å²) in [4.78, 5) is 27.5. The van der Waals surface area contributed by atoms with Crippen LogP contribution >= 0.6 is 0 Å². The van der Waals surface area contributed by atoms with E-state index in [2.05, 4.69) is 4.98 Å². The first-order valence-electron chi connectivity index (χ1n) is 6.78. The van der Waals surface area contributed by atoms with Crippen LogP contribution in [0.15, 0.2) is 18.3 Å². The fourth-order valence-corrected chi connectivity index (χ4v) is 2.38. The van der Waals surface area contributed by atoms with Crippen LogP contribution in [-0.4, -0.2) is 23.8 Å². The predicted octanol–water partition coefficient (Wildman–Crippen LogP) is 2.14. The molecule has 1 aliphatic rings. The molecular weight excluding hydrogens is 258 g/mol. The number of pyridine rings is 1. The van der Waals surface area contributed by atoms with Crippen molar-refractivity contribution in [2.24, 2.45) is 11.8 Å². The largest absolute Gasteiger partial charge is 0.497 e. The Bertz CT molecular complexity index is 500. The van der Waals surface area contributed by atoms with Crippen LogP contribution in [-0.2, 0) is 20.9 Å². The molecular formula is C15H19NO4. The van der Waals surface area contributed by atoms with Gasteiger partial charge in [-0.3, -0.25) is 14.6 Å². The molecule has 5 heteroatoms. The van der Waals surface area contributed by atoms with E-state index in [-0.39, 0.29) is 30.2 Å². The summed E-state index contributed by atoms with van der Waals surface area (Å²) in [6, 6.07) is 3.47. The third-order valence-corrected chi connectivity index (χ3v) is 3.65. The third-order valence-electron chi connectivity index (χ3n) is 3.65. The maximum atomic E-state index is 12.0. The van der Waals surface area contributed by atoms with Gasteiger partial charge in [0.15, 0.2) is 0 Å². The summed E-state index contributed by atoms with van der Waals surface area (Å²) in [5.41, 5.74) is 0.651. The zero-order chi connectivity index (χ0) is 14.5. The summed E-state index contributed by atoms with van der Waals surface area (Å²) in [6.07, 6.45) is 3.26. The Morgan fingerprint density at radius 3 is 3.00 bits per heavy atom. The molecule has 2 rings (SSSR count). The van der Waals surface area contributed by atoms with E-state index in [1.54, 1.807) is 25.4 Å². The summed E-state index contributed by atoms with van der Waals surface area (Å²) in [6.45, 7) is 2.00. The number of ketones is 1. The lowest BCUT2D eigenvalue weighted by Crippen LogP contribution is -2.28. The molecule has 0 N–H and O–H groups in total. The van der Waals surface area contributed by atoms with Gasteiger partial charge in [-0.1, -0.05) is 6.92 Å². The van der Waals surface area contributed by atoms with Crippen LogP contribution in [0, 0.1) is 11.8 Å². The van der Waals surface area contributed by atoms with Gasteiger partial charge in [0, 0.05) is 24.6 Å². The minimum Gasteiger partial charge on any atom is -0.497 e. The molecule has 0 aliphatic heterocycles. The minimum absolute atomic E-state index is 0.0451. The van der Waals surface area contributed by atoms with Gasteiger partial charge in [0.2, 0.25) is 0 Å². The highest BCUT2D eigenvalue weighted by Gasteiger charge is 2.30. The molecule has 0 aromatic carbocycles. The van der Waals surface area contributed by atoms with Crippen molar-refractivity contribution in [1.82, 2.24) is 4.98 Å². The lowest BCUT2D eigenvalue weighted by atomic mass is 9.81. The molecule has 108 valence electrons. The van der Waals surface area contributed by atoms with Crippen molar-refractivity contribution in [3.63, 3.8) is 0 Å². The Morgan fingerprint density at radius 1 is 1.50 bits per heavy atom. The highest BCUT2D eigenvalue weighted by Crippen LogP contribution is 2.27. The van der Waals surface area contributed by atoms with Crippen LogP contribution in [0.25, 0.3) is 0 Å². The molecule has 1 aliphatic carbocycles. The van der Waals surface area contributed by atoms with E-state index in [1.807, 2.05) is 6.92 Å². The molecule has 2 atom stereocenters. The minimum atomic E-state index is -0.242. The van der Waals surface area contributed by atoms with Crippen LogP contribution < -0.4 is 4.74 Å². The van der Waals surface area contributed by atoms with Gasteiger partial charge in [0.25, 0.3) is 0 Å². The molecule has 1 fully saturated rings. The van der Waals surface area contributed by atoms with Gasteiger partial charge < -0.3 is 9.47 Å². The quantitative estimate of drug-likeness (QED) is 0.789. The van der Waals surface area contributed by atoms with Gasteiger partial charge in [0.05, 0.1) is 18.7 Å². The lowest BCUT2D eigenvalue weighted by Gasteiger charge is -2.24. The highest BCUT2D eigenvalue weighted by molar-refractivity contribution is 5.84. The van der Waals surface area contributed by atoms with Crippen molar-refractivity contribution in [2.75, 3.05) is 7.11 Å². The molecule has 5 nitrogen and oxygen atoms in total. The molecule has 1 saturated carbocycles. The lowest BCUT2D eigenvalue weighted by molar-refractivity contribution is -0.152. The number of methoxy groups -OCH3 is 1. The summed E-state index contributed by atoms with van der Waals surface area (Å²) in [5, 5.41) is 0. The third kappa shape index (κ3) is 3.56. The van der Waals surface area contributed by atoms with Crippen molar-refractivity contribution in [2.45, 2.75) is 32.8 Å². The fraction of sp³-hybridized carbons (Fsp3) is 0.533. The number of rotatable bonds is 4. The first-order chi connectivity index (χ1) is 9.60. The van der Waals surface area contributed by atoms with Crippen LogP contribution in [0.5, 0.6) is 5.75 Å². The number of Topliss-reactive ketones (excluding diaryl/α,β-unsaturated/α-hetero) is 1. The standard InChI is InChI=1S/C15H19NO4/c1-10-7-11(3-4-14(10)17)15(18)20-9-12-8-13(19-2)5-6-16-12/h5-6,8,10-11H,3-4,7,9H2,1-2H3/t10-,11+/m1/s1. The maximum Gasteiger partial charge on any atom is 0.309 e. The Kier molecular flexibility index (Phi) is 4.71. The number of esters is 1. The van der Waals surface area contributed by atoms with E-state index >= 15 is 0 Å². The number of nitrogens with zero attached hydrogens (tertiary/aromatic N) is 1. The van der Waals surface area contributed by atoms with E-state index in [0.717, 1.165) is 0 Å². The van der Waals surface area contributed by atoms with Gasteiger partial charge in [-0.2, -0.15) is 0 Å². The van der Waals surface area contributed by atoms with Crippen molar-refractivity contribution in [3.05, 3.63) is 24.0 Å². The molecule has 0 saturated heterocycles. The van der Waals surface area contributed by atoms with E-state index < -0.39 is 0 Å². The van der Waals surface area contributed by atoms with E-state index in [0.29, 0.717) is 30.7 Å². The second kappa shape index (κ2) is 6.50. The van der Waals surface area contributed by atoms with Crippen LogP contribution in [0.1, 0.15) is 31.9 Å². The highest BCUT2D eigenvalue weighted by atomic mass is 16.5. The Labute approximate surface area is 118 Å². The van der Waals surface area contributed by atoms with Crippen molar-refractivity contribution >= 4 is 11.8 Å². The number of carbonyl (C=O) groups excluding carboxylic acids is 2. The van der Waals surface area contributed by atoms with Crippen molar-refractivity contribution < 1.29 is 19.1 Å². The topological polar surface area (TPSA) is 65.5 Å². The van der Waals surface area contributed by atoms with E-state index in [4.69, 9.17) is 9.47 Å². The van der Waals surface area contributed by atoms with Crippen LogP contribution in [0.2, 0.25) is 0 Å². The number of hydrogen-bond donors (Lipinski definition) is 0. The zero-order valence-corrected chi connectivity index (χ0v) is 11.8. The van der Waals surface area contributed by atoms with Crippen LogP contribution in [0.3, 0.4) is 0 Å². The number of carbonyl (C=O) groups is 2. The number of ether oxygens (including phenoxy) is 2. The molecule has 0 spiro atoms. The van der Waals surface area contributed by atoms with Gasteiger partial charge in [0.1, 0.15) is 18.1 Å². The first kappa shape index (κ1) is 14.5. The van der Waals surface area contributed by atoms with E-state index in [9.17, 15) is 9.59 Å². The smallest absolute Gasteiger partial charge is 0.309 e. The Balaban J connectivity index is 1.87. The van der Waals surface area contributed by atoms with Gasteiger partial charge in [-0.15, -0.1) is 0 Å². The Morgan fingerprint density at radius 2 is 2.30 bits per heavy atom. The second-order valence-corrected chi connectivity index (χ2v) is 5.13. The van der Waals surface area contributed by atoms with Crippen molar-refractivity contribution in [1.29, 1.82) is 0 Å². The average molecular weight is 277 g/mol. The summed E-state index contributed by atoms with van der Waals surface area (Å²) >= 11 is 0. The van der Waals surface area contributed by atoms with E-state index in [1.165, 1.54) is 0 Å². The molecule has 0 unspecified atom stereocenters. The molecule has 20 heavy (non-hydrogen) atoms. The first-order valence-corrected chi connectivity index (χ1v) is 6.78. The molecule has 0 radical (unpaired) electrons. The monoisotopic (exact) mass is 277 g/mol. The SMILES string of the molecule is COc1ccnc(COC(=O)[C@H]2CCC(=O)[C@H](C)C2)c1. The number of hydrogen-bond acceptors (Lipinski definition) is 5. The average Bonchev–Trinajstić information content (AvgIpc) is 2.47. The fourth-order valence-electron chi connectivity index (χ4n) is 2.38. The maximum absolute atomic E-state index is 12.0. The molecule has 0 bridgehead atoms. The van der Waals surface area contributed by atoms with Gasteiger partial charge >= 0.3 is 5.97 Å². The molecule has 1 heterocycles. The number of aromatic nitrogens is 1. The summed E-state index contributed by atoms with van der Waals surface area (Å²) < 4.78 is 10.4. The predicted molar refractivity (Wildman–Crippen MR) is 72.1 cm³/mol. The second-order valence-electron chi connectivity index (χ2n) is 5.13. The van der Waals surface area contributed by atoms with Crippen molar-refractivity contribution in [3.8, 4) is 5.75 Å². The molecule has 0 amide bonds. The van der Waals surface area contributed by atoms with Crippen LogP contribution in [0.4, 0.5) is 0 Å². The van der Waals surface area contributed by atoms with Gasteiger partial charge in [-0.05, 0) is 18.9 Å². The normalized spacial score (nSPS) is 22.4. The summed E-state index contributed by atoms with van der Waals surface area (Å²) in [5.74, 6) is 0.463. The zero-order valence-electron chi connectivity index (χ0n) is 11.8. The molecule has 1 aromatic rings.